The Morgan fingerprint density at radius 1 is 0.828 bits per heavy atom. The van der Waals surface area contributed by atoms with Gasteiger partial charge in [0.05, 0.1) is 26.9 Å². The van der Waals surface area contributed by atoms with Crippen LogP contribution < -0.4 is 14.2 Å². The first-order valence-corrected chi connectivity index (χ1v) is 8.66. The van der Waals surface area contributed by atoms with Gasteiger partial charge in [-0.25, -0.2) is 0 Å². The summed E-state index contributed by atoms with van der Waals surface area (Å²) in [6, 6.07) is 10.2. The monoisotopic (exact) mass is 394 g/mol. The van der Waals surface area contributed by atoms with E-state index in [4.69, 9.17) is 14.2 Å². The van der Waals surface area contributed by atoms with Crippen LogP contribution >= 0.6 is 0 Å². The molecule has 0 aliphatic rings. The van der Waals surface area contributed by atoms with Crippen LogP contribution in [0.25, 0.3) is 12.2 Å². The molecule has 0 unspecified atom stereocenters. The van der Waals surface area contributed by atoms with Gasteiger partial charge in [-0.05, 0) is 47.5 Å². The lowest BCUT2D eigenvalue weighted by Gasteiger charge is -2.07. The van der Waals surface area contributed by atoms with Gasteiger partial charge >= 0.3 is 0 Å². The first-order chi connectivity index (χ1) is 14.0. The molecule has 2 aromatic rings. The molecular formula is C23H22O6. The lowest BCUT2D eigenvalue weighted by Crippen LogP contribution is -1.92. The number of rotatable bonds is 9. The first-order valence-electron chi connectivity index (χ1n) is 8.66. The maximum atomic E-state index is 12.0. The molecule has 1 N–H and O–H groups in total. The second-order valence-electron chi connectivity index (χ2n) is 5.87. The summed E-state index contributed by atoms with van der Waals surface area (Å²) in [4.78, 5) is 22.9. The van der Waals surface area contributed by atoms with E-state index in [1.165, 1.54) is 26.4 Å². The summed E-state index contributed by atoms with van der Waals surface area (Å²) in [5.74, 6) is 1.00. The first kappa shape index (κ1) is 21.5. The molecule has 0 aromatic heterocycles. The number of aliphatic hydroxyl groups is 1. The Hall–Kier alpha value is -3.80. The zero-order chi connectivity index (χ0) is 21.2. The van der Waals surface area contributed by atoms with Crippen molar-refractivity contribution in [3.8, 4) is 17.2 Å². The van der Waals surface area contributed by atoms with Crippen molar-refractivity contribution in [1.82, 2.24) is 0 Å². The van der Waals surface area contributed by atoms with Crippen LogP contribution in [0.4, 0.5) is 0 Å². The van der Waals surface area contributed by atoms with Gasteiger partial charge in [-0.3, -0.25) is 9.59 Å². The highest BCUT2D eigenvalue weighted by molar-refractivity contribution is 6.02. The van der Waals surface area contributed by atoms with Gasteiger partial charge in [0.1, 0.15) is 11.5 Å². The van der Waals surface area contributed by atoms with E-state index in [0.29, 0.717) is 34.7 Å². The van der Waals surface area contributed by atoms with Crippen LogP contribution in [0.15, 0.2) is 60.4 Å². The highest BCUT2D eigenvalue weighted by atomic mass is 16.5. The average molecular weight is 394 g/mol. The number of ether oxygens (including phenoxy) is 3. The van der Waals surface area contributed by atoms with E-state index in [2.05, 4.69) is 0 Å². The molecule has 0 heterocycles. The predicted molar refractivity (Wildman–Crippen MR) is 112 cm³/mol. The van der Waals surface area contributed by atoms with Crippen LogP contribution in [0.2, 0.25) is 0 Å². The van der Waals surface area contributed by atoms with Crippen molar-refractivity contribution < 1.29 is 28.9 Å². The van der Waals surface area contributed by atoms with Crippen LogP contribution in [0.1, 0.15) is 21.5 Å². The molecule has 0 spiro atoms. The Morgan fingerprint density at radius 2 is 1.41 bits per heavy atom. The lowest BCUT2D eigenvalue weighted by molar-refractivity contribution is -0.110. The number of hydrogen-bond acceptors (Lipinski definition) is 6. The van der Waals surface area contributed by atoms with Gasteiger partial charge in [0, 0.05) is 6.08 Å². The minimum Gasteiger partial charge on any atom is -0.508 e. The van der Waals surface area contributed by atoms with Gasteiger partial charge in [0.15, 0.2) is 23.6 Å². The fraction of sp³-hybridized carbons (Fsp3) is 0.130. The minimum absolute atomic E-state index is 0.191. The van der Waals surface area contributed by atoms with Crippen LogP contribution in [-0.2, 0) is 4.79 Å². The fourth-order valence-electron chi connectivity index (χ4n) is 2.49. The summed E-state index contributed by atoms with van der Waals surface area (Å²) >= 11 is 0. The van der Waals surface area contributed by atoms with Crippen molar-refractivity contribution in [2.24, 2.45) is 0 Å². The molecule has 0 radical (unpaired) electrons. The minimum atomic E-state index is -0.391. The van der Waals surface area contributed by atoms with Gasteiger partial charge in [0.25, 0.3) is 0 Å². The molecular weight excluding hydrogens is 372 g/mol. The standard InChI is InChI=1S/C23H22O6/c1-27-21-11-7-17(13-23(21)29-3)6-10-20(26)14-19(25)9-5-16-4-8-18(15-24)22(12-16)28-2/h4-15,26H,1-3H3/b9-5+,10-6+,20-14-. The molecule has 6 nitrogen and oxygen atoms in total. The molecule has 0 aliphatic carbocycles. The van der Waals surface area contributed by atoms with E-state index in [-0.39, 0.29) is 5.76 Å². The van der Waals surface area contributed by atoms with Crippen molar-refractivity contribution in [2.75, 3.05) is 21.3 Å². The van der Waals surface area contributed by atoms with Crippen LogP contribution in [0.3, 0.4) is 0 Å². The zero-order valence-corrected chi connectivity index (χ0v) is 16.4. The van der Waals surface area contributed by atoms with E-state index in [1.807, 2.05) is 0 Å². The summed E-state index contributed by atoms with van der Waals surface area (Å²) in [5, 5.41) is 9.96. The molecule has 0 fully saturated rings. The second kappa shape index (κ2) is 10.5. The number of carbonyl (C=O) groups is 2. The topological polar surface area (TPSA) is 82.1 Å². The van der Waals surface area contributed by atoms with E-state index < -0.39 is 5.78 Å². The van der Waals surface area contributed by atoms with E-state index in [0.717, 1.165) is 11.6 Å². The van der Waals surface area contributed by atoms with Crippen molar-refractivity contribution in [2.45, 2.75) is 0 Å². The summed E-state index contributed by atoms with van der Waals surface area (Å²) in [7, 11) is 4.55. The Bertz CT molecular complexity index is 969. The summed E-state index contributed by atoms with van der Waals surface area (Å²) < 4.78 is 15.5. The smallest absolute Gasteiger partial charge is 0.182 e. The third-order valence-electron chi connectivity index (χ3n) is 3.97. The molecule has 0 saturated carbocycles. The summed E-state index contributed by atoms with van der Waals surface area (Å²) in [6.45, 7) is 0. The molecule has 2 rings (SSSR count). The van der Waals surface area contributed by atoms with Crippen molar-refractivity contribution in [3.63, 3.8) is 0 Å². The third kappa shape index (κ3) is 6.10. The second-order valence-corrected chi connectivity index (χ2v) is 5.87. The molecule has 29 heavy (non-hydrogen) atoms. The number of aliphatic hydroxyl groups excluding tert-OH is 1. The number of carbonyl (C=O) groups excluding carboxylic acids is 2. The number of benzene rings is 2. The van der Waals surface area contributed by atoms with Gasteiger partial charge in [-0.2, -0.15) is 0 Å². The van der Waals surface area contributed by atoms with Crippen molar-refractivity contribution in [1.29, 1.82) is 0 Å². The molecule has 6 heteroatoms. The quantitative estimate of drug-likeness (QED) is 0.296. The van der Waals surface area contributed by atoms with E-state index in [1.54, 1.807) is 55.7 Å². The SMILES string of the molecule is COc1cc(/C=C/C(=O)/C=C(O)/C=C/c2ccc(OC)c(OC)c2)ccc1C=O. The highest BCUT2D eigenvalue weighted by Crippen LogP contribution is 2.28. The summed E-state index contributed by atoms with van der Waals surface area (Å²) in [6.07, 6.45) is 7.74. The molecule has 0 saturated heterocycles. The highest BCUT2D eigenvalue weighted by Gasteiger charge is 2.04. The Kier molecular flexibility index (Phi) is 7.79. The van der Waals surface area contributed by atoms with Gasteiger partial charge in [0.2, 0.25) is 0 Å². The number of hydrogen-bond donors (Lipinski definition) is 1. The van der Waals surface area contributed by atoms with Gasteiger partial charge in [-0.1, -0.05) is 24.3 Å². The van der Waals surface area contributed by atoms with Crippen LogP contribution in [-0.4, -0.2) is 38.5 Å². The Balaban J connectivity index is 2.07. The van der Waals surface area contributed by atoms with Gasteiger partial charge < -0.3 is 19.3 Å². The number of ketones is 1. The largest absolute Gasteiger partial charge is 0.508 e. The molecule has 0 bridgehead atoms. The fourth-order valence-corrected chi connectivity index (χ4v) is 2.49. The lowest BCUT2D eigenvalue weighted by atomic mass is 10.1. The molecule has 0 amide bonds. The predicted octanol–water partition coefficient (Wildman–Crippen LogP) is 4.26. The normalized spacial score (nSPS) is 11.6. The molecule has 2 aromatic carbocycles. The Labute approximate surface area is 169 Å². The zero-order valence-electron chi connectivity index (χ0n) is 16.4. The molecule has 0 aliphatic heterocycles. The maximum absolute atomic E-state index is 12.0. The average Bonchev–Trinajstić information content (AvgIpc) is 2.75. The molecule has 150 valence electrons. The van der Waals surface area contributed by atoms with Gasteiger partial charge in [-0.15, -0.1) is 0 Å². The van der Waals surface area contributed by atoms with Crippen LogP contribution in [0.5, 0.6) is 17.2 Å². The number of methoxy groups -OCH3 is 3. The van der Waals surface area contributed by atoms with E-state index >= 15 is 0 Å². The number of aldehydes is 1. The number of allylic oxidation sites excluding steroid dienone is 3. The maximum Gasteiger partial charge on any atom is 0.182 e. The molecule has 0 atom stereocenters. The summed E-state index contributed by atoms with van der Waals surface area (Å²) in [5.41, 5.74) is 1.89. The van der Waals surface area contributed by atoms with E-state index in [9.17, 15) is 14.7 Å². The van der Waals surface area contributed by atoms with Crippen LogP contribution in [0, 0.1) is 0 Å². The van der Waals surface area contributed by atoms with Crippen molar-refractivity contribution >= 4 is 24.2 Å². The van der Waals surface area contributed by atoms with Crippen molar-refractivity contribution in [3.05, 3.63) is 77.1 Å². The Morgan fingerprint density at radius 3 is 2.03 bits per heavy atom. The third-order valence-corrected chi connectivity index (χ3v) is 3.97.